The fourth-order valence-corrected chi connectivity index (χ4v) is 3.08. The van der Waals surface area contributed by atoms with Crippen molar-refractivity contribution < 1.29 is 19.1 Å². The summed E-state index contributed by atoms with van der Waals surface area (Å²) in [5.74, 6) is -0.835. The molecule has 0 bridgehead atoms. The summed E-state index contributed by atoms with van der Waals surface area (Å²) in [5.41, 5.74) is 1.62. The number of esters is 2. The Balaban J connectivity index is 2.88. The minimum Gasteiger partial charge on any atom is -0.462 e. The van der Waals surface area contributed by atoms with Gasteiger partial charge in [-0.25, -0.2) is 9.59 Å². The van der Waals surface area contributed by atoms with Gasteiger partial charge in [0.2, 0.25) is 0 Å². The van der Waals surface area contributed by atoms with Crippen LogP contribution in [-0.2, 0) is 15.9 Å². The standard InChI is InChI=1S/C24H38O4/c1-4-7-10-11-12-13-15-20-16-14-17-21(23(25)27-18-8-5-2)22(20)24(26)28-19-9-6-3/h14,16-17H,4-13,15,18-19H2,1-3H3. The van der Waals surface area contributed by atoms with Crippen molar-refractivity contribution in [3.05, 3.63) is 34.9 Å². The molecule has 0 saturated carbocycles. The van der Waals surface area contributed by atoms with Crippen LogP contribution in [0.3, 0.4) is 0 Å². The monoisotopic (exact) mass is 390 g/mol. The Morgan fingerprint density at radius 2 is 1.29 bits per heavy atom. The van der Waals surface area contributed by atoms with Crippen LogP contribution in [0, 0.1) is 0 Å². The summed E-state index contributed by atoms with van der Waals surface area (Å²) in [6, 6.07) is 5.45. The molecule has 0 radical (unpaired) electrons. The van der Waals surface area contributed by atoms with Crippen LogP contribution in [0.4, 0.5) is 0 Å². The highest BCUT2D eigenvalue weighted by Gasteiger charge is 2.22. The van der Waals surface area contributed by atoms with Crippen molar-refractivity contribution in [3.8, 4) is 0 Å². The third-order valence-corrected chi connectivity index (χ3v) is 4.84. The third kappa shape index (κ3) is 8.90. The van der Waals surface area contributed by atoms with Crippen LogP contribution in [0.15, 0.2) is 18.2 Å². The molecule has 0 aliphatic carbocycles. The van der Waals surface area contributed by atoms with Crippen LogP contribution in [0.25, 0.3) is 0 Å². The predicted molar refractivity (Wildman–Crippen MR) is 114 cm³/mol. The molecule has 0 aliphatic heterocycles. The molecule has 1 rings (SSSR count). The molecule has 0 fully saturated rings. The molecule has 0 N–H and O–H groups in total. The van der Waals surface area contributed by atoms with E-state index in [0.717, 1.165) is 50.5 Å². The molecule has 28 heavy (non-hydrogen) atoms. The van der Waals surface area contributed by atoms with E-state index < -0.39 is 11.9 Å². The third-order valence-electron chi connectivity index (χ3n) is 4.84. The highest BCUT2D eigenvalue weighted by Crippen LogP contribution is 2.21. The molecule has 0 aliphatic rings. The van der Waals surface area contributed by atoms with Gasteiger partial charge in [0.15, 0.2) is 0 Å². The lowest BCUT2D eigenvalue weighted by atomic mass is 9.96. The number of benzene rings is 1. The summed E-state index contributed by atoms with van der Waals surface area (Å²) in [6.45, 7) is 7.07. The lowest BCUT2D eigenvalue weighted by Crippen LogP contribution is -2.17. The molecule has 0 atom stereocenters. The molecule has 4 nitrogen and oxygen atoms in total. The van der Waals surface area contributed by atoms with Gasteiger partial charge < -0.3 is 9.47 Å². The van der Waals surface area contributed by atoms with Gasteiger partial charge in [-0.05, 0) is 37.3 Å². The molecule has 0 spiro atoms. The number of carbonyl (C=O) groups is 2. The highest BCUT2D eigenvalue weighted by molar-refractivity contribution is 6.04. The first kappa shape index (κ1) is 24.2. The van der Waals surface area contributed by atoms with Crippen LogP contribution in [0.5, 0.6) is 0 Å². The molecule has 0 unspecified atom stereocenters. The van der Waals surface area contributed by atoms with Crippen LogP contribution >= 0.6 is 0 Å². The number of aryl methyl sites for hydroxylation is 1. The Morgan fingerprint density at radius 1 is 0.714 bits per heavy atom. The molecule has 1 aromatic carbocycles. The number of ether oxygens (including phenoxy) is 2. The minimum atomic E-state index is -0.430. The van der Waals surface area contributed by atoms with Crippen molar-refractivity contribution in [1.29, 1.82) is 0 Å². The molecule has 0 aromatic heterocycles. The van der Waals surface area contributed by atoms with Gasteiger partial charge in [0.05, 0.1) is 24.3 Å². The molecule has 0 amide bonds. The van der Waals surface area contributed by atoms with E-state index >= 15 is 0 Å². The summed E-state index contributed by atoms with van der Waals surface area (Å²) in [7, 11) is 0. The van der Waals surface area contributed by atoms with E-state index in [1.165, 1.54) is 25.7 Å². The van der Waals surface area contributed by atoms with Gasteiger partial charge in [0.1, 0.15) is 0 Å². The van der Waals surface area contributed by atoms with Crippen molar-refractivity contribution in [1.82, 2.24) is 0 Å². The van der Waals surface area contributed by atoms with Crippen molar-refractivity contribution in [3.63, 3.8) is 0 Å². The molecular weight excluding hydrogens is 352 g/mol. The smallest absolute Gasteiger partial charge is 0.339 e. The first-order valence-corrected chi connectivity index (χ1v) is 11.1. The summed E-state index contributed by atoms with van der Waals surface area (Å²) in [5, 5.41) is 0. The SMILES string of the molecule is CCCCCCCCc1cccc(C(=O)OCCCC)c1C(=O)OCCCC. The highest BCUT2D eigenvalue weighted by atomic mass is 16.5. The van der Waals surface area contributed by atoms with Crippen molar-refractivity contribution in [2.45, 2.75) is 91.4 Å². The van der Waals surface area contributed by atoms with Crippen molar-refractivity contribution in [2.24, 2.45) is 0 Å². The topological polar surface area (TPSA) is 52.6 Å². The van der Waals surface area contributed by atoms with Crippen molar-refractivity contribution >= 4 is 11.9 Å². The quantitative estimate of drug-likeness (QED) is 0.253. The van der Waals surface area contributed by atoms with E-state index in [-0.39, 0.29) is 0 Å². The van der Waals surface area contributed by atoms with E-state index in [4.69, 9.17) is 9.47 Å². The Kier molecular flexibility index (Phi) is 13.1. The van der Waals surface area contributed by atoms with Crippen LogP contribution < -0.4 is 0 Å². The summed E-state index contributed by atoms with van der Waals surface area (Å²) in [4.78, 5) is 25.3. The lowest BCUT2D eigenvalue weighted by molar-refractivity contribution is 0.0451. The van der Waals surface area contributed by atoms with Crippen molar-refractivity contribution in [2.75, 3.05) is 13.2 Å². The minimum absolute atomic E-state index is 0.334. The summed E-state index contributed by atoms with van der Waals surface area (Å²) < 4.78 is 10.8. The van der Waals surface area contributed by atoms with Gasteiger partial charge in [-0.2, -0.15) is 0 Å². The zero-order valence-electron chi connectivity index (χ0n) is 18.1. The number of rotatable bonds is 15. The Hall–Kier alpha value is -1.84. The maximum atomic E-state index is 12.7. The van der Waals surface area contributed by atoms with E-state index in [1.54, 1.807) is 6.07 Å². The second kappa shape index (κ2) is 15.1. The molecular formula is C24H38O4. The second-order valence-electron chi connectivity index (χ2n) is 7.34. The molecule has 1 aromatic rings. The Bertz CT molecular complexity index is 580. The average molecular weight is 391 g/mol. The van der Waals surface area contributed by atoms with Crippen LogP contribution in [0.1, 0.15) is 111 Å². The first-order chi connectivity index (χ1) is 13.7. The zero-order valence-corrected chi connectivity index (χ0v) is 18.1. The van der Waals surface area contributed by atoms with Gasteiger partial charge in [-0.1, -0.05) is 77.8 Å². The lowest BCUT2D eigenvalue weighted by Gasteiger charge is -2.14. The predicted octanol–water partition coefficient (Wildman–Crippen LogP) is 6.50. The van der Waals surface area contributed by atoms with Gasteiger partial charge in [0.25, 0.3) is 0 Å². The maximum Gasteiger partial charge on any atom is 0.339 e. The first-order valence-electron chi connectivity index (χ1n) is 11.1. The number of hydrogen-bond donors (Lipinski definition) is 0. The fraction of sp³-hybridized carbons (Fsp3) is 0.667. The Labute approximate surface area is 171 Å². The largest absolute Gasteiger partial charge is 0.462 e. The van der Waals surface area contributed by atoms with E-state index in [1.807, 2.05) is 19.1 Å². The molecule has 0 heterocycles. The van der Waals surface area contributed by atoms with E-state index in [0.29, 0.717) is 24.3 Å². The summed E-state index contributed by atoms with van der Waals surface area (Å²) in [6.07, 6.45) is 11.4. The number of carbonyl (C=O) groups excluding carboxylic acids is 2. The number of hydrogen-bond acceptors (Lipinski definition) is 4. The molecule has 158 valence electrons. The van der Waals surface area contributed by atoms with E-state index in [2.05, 4.69) is 13.8 Å². The zero-order chi connectivity index (χ0) is 20.6. The van der Waals surface area contributed by atoms with Gasteiger partial charge >= 0.3 is 11.9 Å². The van der Waals surface area contributed by atoms with Gasteiger partial charge in [0, 0.05) is 0 Å². The van der Waals surface area contributed by atoms with Crippen LogP contribution in [-0.4, -0.2) is 25.2 Å². The normalized spacial score (nSPS) is 10.7. The average Bonchev–Trinajstić information content (AvgIpc) is 2.70. The van der Waals surface area contributed by atoms with E-state index in [9.17, 15) is 9.59 Å². The van der Waals surface area contributed by atoms with Gasteiger partial charge in [-0.15, -0.1) is 0 Å². The van der Waals surface area contributed by atoms with Crippen LogP contribution in [0.2, 0.25) is 0 Å². The molecule has 0 saturated heterocycles. The van der Waals surface area contributed by atoms with Gasteiger partial charge in [-0.3, -0.25) is 0 Å². The second-order valence-corrected chi connectivity index (χ2v) is 7.34. The maximum absolute atomic E-state index is 12.7. The molecule has 4 heteroatoms. The Morgan fingerprint density at radius 3 is 1.93 bits per heavy atom. The fourth-order valence-electron chi connectivity index (χ4n) is 3.08. The number of unbranched alkanes of at least 4 members (excludes halogenated alkanes) is 7. The summed E-state index contributed by atoms with van der Waals surface area (Å²) >= 11 is 0.